The Bertz CT molecular complexity index is 888. The topological polar surface area (TPSA) is 63.7 Å². The van der Waals surface area contributed by atoms with Crippen molar-refractivity contribution in [3.05, 3.63) is 36.0 Å². The molecule has 0 atom stereocenters. The van der Waals surface area contributed by atoms with Gasteiger partial charge in [0.1, 0.15) is 5.54 Å². The predicted octanol–water partition coefficient (Wildman–Crippen LogP) is 2.91. The highest BCUT2D eigenvalue weighted by molar-refractivity contribution is 5.85. The van der Waals surface area contributed by atoms with Gasteiger partial charge in [-0.15, -0.1) is 0 Å². The van der Waals surface area contributed by atoms with Crippen LogP contribution in [0.2, 0.25) is 0 Å². The summed E-state index contributed by atoms with van der Waals surface area (Å²) < 4.78 is 8.03. The Morgan fingerprint density at radius 2 is 1.77 bits per heavy atom. The number of piperidine rings is 1. The third-order valence-corrected chi connectivity index (χ3v) is 7.69. The summed E-state index contributed by atoms with van der Waals surface area (Å²) in [5, 5.41) is 1.38. The predicted molar refractivity (Wildman–Crippen MR) is 118 cm³/mol. The van der Waals surface area contributed by atoms with Gasteiger partial charge in [0, 0.05) is 55.9 Å². The average Bonchev–Trinajstić information content (AvgIpc) is 3.43. The second-order valence-electron chi connectivity index (χ2n) is 9.29. The molecule has 1 aromatic carbocycles. The van der Waals surface area contributed by atoms with E-state index in [0.29, 0.717) is 19.3 Å². The summed E-state index contributed by atoms with van der Waals surface area (Å²) in [6.07, 6.45) is 9.29. The van der Waals surface area contributed by atoms with E-state index in [-0.39, 0.29) is 5.91 Å². The number of hydrogen-bond acceptors (Lipinski definition) is 4. The molecule has 1 aromatic heterocycles. The molecule has 5 rings (SSSR count). The van der Waals surface area contributed by atoms with Crippen LogP contribution in [-0.4, -0.2) is 65.2 Å². The van der Waals surface area contributed by atoms with Crippen LogP contribution in [0.4, 0.5) is 0 Å². The maximum absolute atomic E-state index is 12.5. The first kappa shape index (κ1) is 20.0. The van der Waals surface area contributed by atoms with Gasteiger partial charge in [-0.1, -0.05) is 31.0 Å². The Labute approximate surface area is 178 Å². The lowest BCUT2D eigenvalue weighted by molar-refractivity contribution is -0.138. The molecule has 0 unspecified atom stereocenters. The summed E-state index contributed by atoms with van der Waals surface area (Å²) in [6, 6.07) is 9.49. The fraction of sp³-hybridized carbons (Fsp3) is 0.625. The van der Waals surface area contributed by atoms with Crippen LogP contribution >= 0.6 is 0 Å². The molecule has 6 heteroatoms. The van der Waals surface area contributed by atoms with E-state index < -0.39 is 5.54 Å². The molecule has 3 aliphatic rings. The number of primary amides is 1. The van der Waals surface area contributed by atoms with Crippen LogP contribution in [0.1, 0.15) is 50.1 Å². The van der Waals surface area contributed by atoms with Crippen LogP contribution in [0.5, 0.6) is 0 Å². The Morgan fingerprint density at radius 1 is 1.07 bits per heavy atom. The molecule has 2 aliphatic heterocycles. The summed E-state index contributed by atoms with van der Waals surface area (Å²) >= 11 is 0. The maximum atomic E-state index is 12.5. The number of carbonyl (C=O) groups is 1. The molecule has 2 N–H and O–H groups in total. The van der Waals surface area contributed by atoms with Crippen molar-refractivity contribution in [3.63, 3.8) is 0 Å². The van der Waals surface area contributed by atoms with Crippen molar-refractivity contribution in [1.82, 2.24) is 14.4 Å². The highest BCUT2D eigenvalue weighted by Gasteiger charge is 2.45. The van der Waals surface area contributed by atoms with Gasteiger partial charge in [-0.3, -0.25) is 14.6 Å². The molecule has 162 valence electrons. The molecule has 0 radical (unpaired) electrons. The number of nitrogens with two attached hydrogens (primary N) is 1. The summed E-state index contributed by atoms with van der Waals surface area (Å²) in [4.78, 5) is 17.3. The van der Waals surface area contributed by atoms with Gasteiger partial charge in [-0.05, 0) is 37.3 Å². The van der Waals surface area contributed by atoms with E-state index in [2.05, 4.69) is 44.8 Å². The smallest absolute Gasteiger partial charge is 0.238 e. The van der Waals surface area contributed by atoms with Gasteiger partial charge in [0.05, 0.1) is 13.2 Å². The van der Waals surface area contributed by atoms with E-state index in [1.165, 1.54) is 42.1 Å². The Morgan fingerprint density at radius 3 is 2.47 bits per heavy atom. The standard InChI is InChI=1S/C24H34N4O2/c25-23(29)24(27-13-15-30-16-14-27)9-11-26(12-10-24)17-19-18-28(20-5-1-2-6-20)22-8-4-3-7-21(19)22/h3-4,7-8,18,20H,1-2,5-6,9-17H2,(H2,25,29). The number of hydrogen-bond donors (Lipinski definition) is 1. The van der Waals surface area contributed by atoms with Crippen LogP contribution in [0, 0.1) is 0 Å². The van der Waals surface area contributed by atoms with Gasteiger partial charge in [-0.2, -0.15) is 0 Å². The fourth-order valence-corrected chi connectivity index (χ4v) is 5.92. The normalized spacial score (nSPS) is 23.9. The number of morpholine rings is 1. The lowest BCUT2D eigenvalue weighted by Gasteiger charge is -2.48. The van der Waals surface area contributed by atoms with Crippen LogP contribution in [-0.2, 0) is 16.1 Å². The number of carbonyl (C=O) groups excluding carboxylic acids is 1. The third kappa shape index (κ3) is 3.55. The molecule has 3 fully saturated rings. The van der Waals surface area contributed by atoms with Gasteiger partial charge in [-0.25, -0.2) is 0 Å². The van der Waals surface area contributed by atoms with E-state index in [1.54, 1.807) is 0 Å². The van der Waals surface area contributed by atoms with Crippen LogP contribution in [0.25, 0.3) is 10.9 Å². The van der Waals surface area contributed by atoms with Crippen molar-refractivity contribution < 1.29 is 9.53 Å². The number of fused-ring (bicyclic) bond motifs is 1. The van der Waals surface area contributed by atoms with E-state index in [9.17, 15) is 4.79 Å². The average molecular weight is 411 g/mol. The van der Waals surface area contributed by atoms with Crippen LogP contribution in [0.15, 0.2) is 30.5 Å². The number of nitrogens with zero attached hydrogens (tertiary/aromatic N) is 3. The minimum atomic E-state index is -0.502. The summed E-state index contributed by atoms with van der Waals surface area (Å²) in [7, 11) is 0. The molecular formula is C24H34N4O2. The SMILES string of the molecule is NC(=O)C1(N2CCOCC2)CCN(Cc2cn(C3CCCC3)c3ccccc23)CC1. The first-order valence-electron chi connectivity index (χ1n) is 11.6. The van der Waals surface area contributed by atoms with E-state index in [0.717, 1.165) is 45.6 Å². The first-order chi connectivity index (χ1) is 14.7. The minimum absolute atomic E-state index is 0.165. The monoisotopic (exact) mass is 410 g/mol. The van der Waals surface area contributed by atoms with Gasteiger partial charge >= 0.3 is 0 Å². The lowest BCUT2D eigenvalue weighted by Crippen LogP contribution is -2.64. The van der Waals surface area contributed by atoms with Crippen molar-refractivity contribution in [2.45, 2.75) is 56.7 Å². The van der Waals surface area contributed by atoms with Crippen LogP contribution in [0.3, 0.4) is 0 Å². The molecule has 1 amide bonds. The highest BCUT2D eigenvalue weighted by atomic mass is 16.5. The summed E-state index contributed by atoms with van der Waals surface area (Å²) in [6.45, 7) is 5.75. The molecule has 30 heavy (non-hydrogen) atoms. The molecule has 1 aliphatic carbocycles. The molecule has 2 saturated heterocycles. The van der Waals surface area contributed by atoms with Crippen molar-refractivity contribution in [3.8, 4) is 0 Å². The quantitative estimate of drug-likeness (QED) is 0.823. The van der Waals surface area contributed by atoms with Gasteiger partial charge in [0.15, 0.2) is 0 Å². The number of para-hydroxylation sites is 1. The largest absolute Gasteiger partial charge is 0.379 e. The first-order valence-corrected chi connectivity index (χ1v) is 11.6. The molecule has 6 nitrogen and oxygen atoms in total. The second kappa shape index (κ2) is 8.33. The van der Waals surface area contributed by atoms with Gasteiger partial charge in [0.2, 0.25) is 5.91 Å². The number of aromatic nitrogens is 1. The molecule has 0 bridgehead atoms. The molecule has 2 aromatic rings. The zero-order chi connectivity index (χ0) is 20.6. The van der Waals surface area contributed by atoms with Gasteiger partial charge < -0.3 is 15.0 Å². The maximum Gasteiger partial charge on any atom is 0.238 e. The Hall–Kier alpha value is -1.89. The van der Waals surface area contributed by atoms with Crippen molar-refractivity contribution in [2.75, 3.05) is 39.4 Å². The summed E-state index contributed by atoms with van der Waals surface area (Å²) in [5.41, 5.74) is 8.22. The molecule has 1 saturated carbocycles. The van der Waals surface area contributed by atoms with E-state index in [4.69, 9.17) is 10.5 Å². The molecule has 3 heterocycles. The van der Waals surface area contributed by atoms with Crippen molar-refractivity contribution >= 4 is 16.8 Å². The minimum Gasteiger partial charge on any atom is -0.379 e. The lowest BCUT2D eigenvalue weighted by atomic mass is 9.84. The third-order valence-electron chi connectivity index (χ3n) is 7.69. The second-order valence-corrected chi connectivity index (χ2v) is 9.29. The van der Waals surface area contributed by atoms with Crippen molar-refractivity contribution in [2.24, 2.45) is 5.73 Å². The zero-order valence-electron chi connectivity index (χ0n) is 17.9. The van der Waals surface area contributed by atoms with Crippen LogP contribution < -0.4 is 5.73 Å². The number of amides is 1. The zero-order valence-corrected chi connectivity index (χ0v) is 17.9. The number of rotatable bonds is 5. The highest BCUT2D eigenvalue weighted by Crippen LogP contribution is 2.36. The fourth-order valence-electron chi connectivity index (χ4n) is 5.92. The number of likely N-dealkylation sites (tertiary alicyclic amines) is 1. The van der Waals surface area contributed by atoms with Crippen molar-refractivity contribution in [1.29, 1.82) is 0 Å². The van der Waals surface area contributed by atoms with E-state index >= 15 is 0 Å². The van der Waals surface area contributed by atoms with E-state index in [1.807, 2.05) is 0 Å². The van der Waals surface area contributed by atoms with Gasteiger partial charge in [0.25, 0.3) is 0 Å². The molecular weight excluding hydrogens is 376 g/mol. The Kier molecular flexibility index (Phi) is 5.56. The summed E-state index contributed by atoms with van der Waals surface area (Å²) in [5.74, 6) is -0.165. The Balaban J connectivity index is 1.33. The number of ether oxygens (including phenoxy) is 1. The number of benzene rings is 1. The molecule has 0 spiro atoms.